The first-order valence-electron chi connectivity index (χ1n) is 10.1. The van der Waals surface area contributed by atoms with Gasteiger partial charge in [0.2, 0.25) is 0 Å². The lowest BCUT2D eigenvalue weighted by atomic mass is 10.0. The number of carboxylic acids is 1. The number of carboxylic acid groups (broad SMARTS) is 1. The van der Waals surface area contributed by atoms with Gasteiger partial charge in [-0.3, -0.25) is 13.8 Å². The van der Waals surface area contributed by atoms with Crippen LogP contribution in [0.15, 0.2) is 66.0 Å². The molecule has 35 heavy (non-hydrogen) atoms. The predicted molar refractivity (Wildman–Crippen MR) is 121 cm³/mol. The van der Waals surface area contributed by atoms with Crippen LogP contribution < -0.4 is 0 Å². The predicted octanol–water partition coefficient (Wildman–Crippen LogP) is 5.56. The molecular weight excluding hydrogens is 491 g/mol. The molecule has 2 heterocycles. The van der Waals surface area contributed by atoms with Gasteiger partial charge in [-0.05, 0) is 54.3 Å². The molecule has 0 aliphatic rings. The number of rotatable bonds is 6. The Morgan fingerprint density at radius 1 is 1.09 bits per heavy atom. The first-order chi connectivity index (χ1) is 16.4. The maximum Gasteiger partial charge on any atom is 0.416 e. The minimum absolute atomic E-state index is 0.0420. The van der Waals surface area contributed by atoms with E-state index in [2.05, 4.69) is 10.9 Å². The monoisotopic (exact) mass is 508 g/mol. The van der Waals surface area contributed by atoms with Gasteiger partial charge in [0, 0.05) is 41.5 Å². The third-order valence-electron chi connectivity index (χ3n) is 5.43. The largest absolute Gasteiger partial charge is 0.481 e. The third kappa shape index (κ3) is 4.76. The Balaban J connectivity index is 1.81. The van der Waals surface area contributed by atoms with Crippen LogP contribution in [0.1, 0.15) is 17.5 Å². The highest BCUT2D eigenvalue weighted by Gasteiger charge is 2.31. The van der Waals surface area contributed by atoms with E-state index in [0.29, 0.717) is 22.5 Å². The second kappa shape index (κ2) is 8.81. The molecule has 0 bridgehead atoms. The number of benzene rings is 2. The van der Waals surface area contributed by atoms with Crippen molar-refractivity contribution in [2.24, 2.45) is 0 Å². The van der Waals surface area contributed by atoms with Crippen molar-refractivity contribution in [1.82, 2.24) is 8.96 Å². The van der Waals surface area contributed by atoms with Crippen molar-refractivity contribution in [3.8, 4) is 11.1 Å². The summed E-state index contributed by atoms with van der Waals surface area (Å²) >= 11 is 0. The first-order valence-corrected chi connectivity index (χ1v) is 11.8. The van der Waals surface area contributed by atoms with Gasteiger partial charge in [0.15, 0.2) is 0 Å². The summed E-state index contributed by atoms with van der Waals surface area (Å²) < 4.78 is 82.2. The number of aryl methyl sites for hydroxylation is 1. The molecule has 0 saturated carbocycles. The molecule has 2 aromatic carbocycles. The fourth-order valence-corrected chi connectivity index (χ4v) is 5.24. The maximum atomic E-state index is 14.5. The number of carbonyl (C=O) groups is 1. The molecular formula is C24H17F5N2O3S. The van der Waals surface area contributed by atoms with Crippen molar-refractivity contribution in [1.29, 1.82) is 0 Å². The Morgan fingerprint density at radius 3 is 2.49 bits per heavy atom. The molecule has 0 saturated heterocycles. The fourth-order valence-electron chi connectivity index (χ4n) is 3.70. The van der Waals surface area contributed by atoms with Crippen LogP contribution in [0.3, 0.4) is 0 Å². The molecule has 4 rings (SSSR count). The highest BCUT2D eigenvalue weighted by Crippen LogP contribution is 2.34. The summed E-state index contributed by atoms with van der Waals surface area (Å²) in [6.07, 6.45) is -1.04. The van der Waals surface area contributed by atoms with Gasteiger partial charge in [0.25, 0.3) is 0 Å². The van der Waals surface area contributed by atoms with Crippen LogP contribution in [0.4, 0.5) is 22.0 Å². The highest BCUT2D eigenvalue weighted by molar-refractivity contribution is 7.99. The average Bonchev–Trinajstić information content (AvgIpc) is 3.15. The molecule has 11 heteroatoms. The second-order valence-electron chi connectivity index (χ2n) is 7.78. The van der Waals surface area contributed by atoms with Gasteiger partial charge < -0.3 is 5.11 Å². The van der Waals surface area contributed by atoms with Crippen molar-refractivity contribution in [2.75, 3.05) is 0 Å². The number of hydrogen-bond donors (Lipinski definition) is 1. The van der Waals surface area contributed by atoms with Crippen LogP contribution in [0.5, 0.6) is 0 Å². The summed E-state index contributed by atoms with van der Waals surface area (Å²) in [5.41, 5.74) is -0.472. The second-order valence-corrected chi connectivity index (χ2v) is 9.92. The molecule has 0 spiro atoms. The normalized spacial score (nSPS) is 13.6. The van der Waals surface area contributed by atoms with Crippen LogP contribution >= 0.6 is 0 Å². The number of nitrogens with zero attached hydrogens (tertiary/aromatic N) is 2. The Bertz CT molecular complexity index is 1560. The zero-order valence-corrected chi connectivity index (χ0v) is 18.7. The SMILES string of the molecule is C=S(=O)(c1cncc(-c2ccc(C(F)(F)F)cc2F)c1)n1cc(CCC(=O)O)c2cc(F)ccc21. The lowest BCUT2D eigenvalue weighted by Crippen LogP contribution is -2.12. The molecule has 0 aliphatic carbocycles. The van der Waals surface area contributed by atoms with Gasteiger partial charge >= 0.3 is 12.1 Å². The van der Waals surface area contributed by atoms with Crippen molar-refractivity contribution in [2.45, 2.75) is 23.9 Å². The molecule has 0 aliphatic heterocycles. The number of halogens is 5. The Labute approximate surface area is 196 Å². The maximum absolute atomic E-state index is 14.5. The van der Waals surface area contributed by atoms with E-state index in [0.717, 1.165) is 18.2 Å². The number of alkyl halides is 3. The van der Waals surface area contributed by atoms with Crippen LogP contribution in [-0.2, 0) is 27.1 Å². The zero-order valence-electron chi connectivity index (χ0n) is 17.9. The molecule has 1 N–H and O–H groups in total. The van der Waals surface area contributed by atoms with Gasteiger partial charge in [-0.15, -0.1) is 0 Å². The van der Waals surface area contributed by atoms with E-state index >= 15 is 0 Å². The summed E-state index contributed by atoms with van der Waals surface area (Å²) in [7, 11) is -3.39. The summed E-state index contributed by atoms with van der Waals surface area (Å²) in [6, 6.07) is 7.10. The van der Waals surface area contributed by atoms with Crippen molar-refractivity contribution < 1.29 is 36.1 Å². The summed E-state index contributed by atoms with van der Waals surface area (Å²) in [6.45, 7) is 0. The topological polar surface area (TPSA) is 72.2 Å². The van der Waals surface area contributed by atoms with E-state index in [1.165, 1.54) is 40.8 Å². The van der Waals surface area contributed by atoms with E-state index in [9.17, 15) is 31.0 Å². The summed E-state index contributed by atoms with van der Waals surface area (Å²) in [4.78, 5) is 15.0. The third-order valence-corrected chi connectivity index (χ3v) is 7.33. The lowest BCUT2D eigenvalue weighted by Gasteiger charge is -2.14. The quantitative estimate of drug-likeness (QED) is 0.274. The van der Waals surface area contributed by atoms with Crippen LogP contribution in [0.2, 0.25) is 0 Å². The summed E-state index contributed by atoms with van der Waals surface area (Å²) in [5.74, 6) is 1.03. The van der Waals surface area contributed by atoms with Gasteiger partial charge in [-0.25, -0.2) is 13.0 Å². The van der Waals surface area contributed by atoms with E-state index in [1.54, 1.807) is 0 Å². The number of hydrogen-bond acceptors (Lipinski definition) is 3. The fraction of sp³-hybridized carbons (Fsp3) is 0.125. The van der Waals surface area contributed by atoms with E-state index in [4.69, 9.17) is 5.11 Å². The standard InChI is InChI=1S/C24H17F5N2O3S/c1-35(34,31-13-14(2-7-23(32)33)20-10-17(25)4-6-22(20)31)18-8-15(11-30-12-18)19-5-3-16(9-21(19)26)24(27,28)29/h3-6,8-13H,1-2,7H2,(H,32,33). The highest BCUT2D eigenvalue weighted by atomic mass is 32.2. The lowest BCUT2D eigenvalue weighted by molar-refractivity contribution is -0.138. The number of aromatic nitrogens is 2. The Morgan fingerprint density at radius 2 is 1.83 bits per heavy atom. The van der Waals surface area contributed by atoms with Crippen molar-refractivity contribution in [3.63, 3.8) is 0 Å². The average molecular weight is 508 g/mol. The molecule has 182 valence electrons. The minimum Gasteiger partial charge on any atom is -0.481 e. The molecule has 4 aromatic rings. The van der Waals surface area contributed by atoms with Crippen LogP contribution in [0, 0.1) is 11.6 Å². The molecule has 0 radical (unpaired) electrons. The number of pyridine rings is 1. The van der Waals surface area contributed by atoms with E-state index in [-0.39, 0.29) is 28.9 Å². The van der Waals surface area contributed by atoms with Crippen LogP contribution in [0.25, 0.3) is 22.0 Å². The van der Waals surface area contributed by atoms with Crippen LogP contribution in [-0.4, -0.2) is 30.1 Å². The molecule has 5 nitrogen and oxygen atoms in total. The van der Waals surface area contributed by atoms with Gasteiger partial charge in [0.05, 0.1) is 25.7 Å². The number of fused-ring (bicyclic) bond motifs is 1. The Kier molecular flexibility index (Phi) is 6.14. The molecule has 1 atom stereocenters. The molecule has 0 fully saturated rings. The smallest absolute Gasteiger partial charge is 0.416 e. The molecule has 0 amide bonds. The van der Waals surface area contributed by atoms with Gasteiger partial charge in [0.1, 0.15) is 11.6 Å². The van der Waals surface area contributed by atoms with Gasteiger partial charge in [-0.2, -0.15) is 13.2 Å². The molecule has 1 unspecified atom stereocenters. The number of aliphatic carboxylic acids is 1. The van der Waals surface area contributed by atoms with Gasteiger partial charge in [-0.1, -0.05) is 6.07 Å². The summed E-state index contributed by atoms with van der Waals surface area (Å²) in [5, 5.41) is 9.38. The van der Waals surface area contributed by atoms with Crippen molar-refractivity contribution in [3.05, 3.63) is 83.8 Å². The minimum atomic E-state index is -4.71. The molecule has 2 aromatic heterocycles. The first kappa shape index (κ1) is 24.4. The Hall–Kier alpha value is -3.73. The van der Waals surface area contributed by atoms with E-state index in [1.807, 2.05) is 0 Å². The van der Waals surface area contributed by atoms with E-state index < -0.39 is 39.1 Å². The zero-order chi connectivity index (χ0) is 25.5. The van der Waals surface area contributed by atoms with Crippen molar-refractivity contribution >= 4 is 32.5 Å².